The van der Waals surface area contributed by atoms with Crippen LogP contribution in [0.5, 0.6) is 5.75 Å². The Labute approximate surface area is 137 Å². The Hall–Kier alpha value is -2.10. The van der Waals surface area contributed by atoms with Gasteiger partial charge in [-0.2, -0.15) is 0 Å². The van der Waals surface area contributed by atoms with Crippen LogP contribution < -0.4 is 0 Å². The summed E-state index contributed by atoms with van der Waals surface area (Å²) in [5.41, 5.74) is 3.33. The highest BCUT2D eigenvalue weighted by atomic mass is 16.3. The Morgan fingerprint density at radius 3 is 2.09 bits per heavy atom. The van der Waals surface area contributed by atoms with Gasteiger partial charge in [-0.1, -0.05) is 27.7 Å². The maximum Gasteiger partial charge on any atom is 0.256 e. The summed E-state index contributed by atoms with van der Waals surface area (Å²) in [5.74, 6) is 0.315. The third-order valence-corrected chi connectivity index (χ3v) is 4.28. The second kappa shape index (κ2) is 6.57. The van der Waals surface area contributed by atoms with Crippen molar-refractivity contribution in [3.05, 3.63) is 34.4 Å². The van der Waals surface area contributed by atoms with Gasteiger partial charge in [0, 0.05) is 19.0 Å². The van der Waals surface area contributed by atoms with Crippen molar-refractivity contribution >= 4 is 17.9 Å². The molecule has 0 radical (unpaired) electrons. The molecule has 0 spiro atoms. The molecule has 1 saturated heterocycles. The maximum absolute atomic E-state index is 12.2. The number of amides is 2. The van der Waals surface area contributed by atoms with Crippen molar-refractivity contribution < 1.29 is 14.7 Å². The predicted molar refractivity (Wildman–Crippen MR) is 91.3 cm³/mol. The van der Waals surface area contributed by atoms with Crippen LogP contribution in [0.25, 0.3) is 6.08 Å². The number of likely N-dealkylation sites (tertiary alicyclic amines) is 1. The fraction of sp³-hybridized carbons (Fsp3) is 0.474. The van der Waals surface area contributed by atoms with E-state index in [0.717, 1.165) is 16.7 Å². The zero-order valence-electron chi connectivity index (χ0n) is 14.5. The van der Waals surface area contributed by atoms with Crippen LogP contribution in [0, 0.1) is 0 Å². The predicted octanol–water partition coefficient (Wildman–Crippen LogP) is 3.80. The summed E-state index contributed by atoms with van der Waals surface area (Å²) in [6.45, 7) is 10.0. The molecule has 0 atom stereocenters. The third-order valence-electron chi connectivity index (χ3n) is 4.28. The maximum atomic E-state index is 12.2. The molecule has 1 aliphatic rings. The lowest BCUT2D eigenvalue weighted by molar-refractivity contribution is -0.138. The first kappa shape index (κ1) is 17.3. The first-order valence-corrected chi connectivity index (χ1v) is 8.12. The molecule has 1 heterocycles. The van der Waals surface area contributed by atoms with Crippen LogP contribution >= 0.6 is 0 Å². The van der Waals surface area contributed by atoms with Crippen LogP contribution in [0.15, 0.2) is 17.7 Å². The molecule has 1 fully saturated rings. The molecular weight excluding hydrogens is 290 g/mol. The highest BCUT2D eigenvalue weighted by Gasteiger charge is 2.28. The summed E-state index contributed by atoms with van der Waals surface area (Å²) < 4.78 is 0. The van der Waals surface area contributed by atoms with Gasteiger partial charge in [0.05, 0.1) is 0 Å². The molecule has 23 heavy (non-hydrogen) atoms. The minimum absolute atomic E-state index is 0.193. The van der Waals surface area contributed by atoms with Gasteiger partial charge in [-0.3, -0.25) is 14.5 Å². The average molecular weight is 315 g/mol. The number of carbonyl (C=O) groups is 2. The molecule has 4 nitrogen and oxygen atoms in total. The van der Waals surface area contributed by atoms with Crippen LogP contribution in [0.4, 0.5) is 0 Å². The van der Waals surface area contributed by atoms with E-state index >= 15 is 0 Å². The van der Waals surface area contributed by atoms with Gasteiger partial charge in [-0.25, -0.2) is 0 Å². The van der Waals surface area contributed by atoms with Crippen molar-refractivity contribution in [1.82, 2.24) is 4.90 Å². The van der Waals surface area contributed by atoms with Crippen molar-refractivity contribution in [2.45, 2.75) is 52.9 Å². The number of aromatic hydroxyl groups is 1. The molecule has 0 bridgehead atoms. The van der Waals surface area contributed by atoms with Crippen molar-refractivity contribution in [2.75, 3.05) is 6.54 Å². The minimum Gasteiger partial charge on any atom is -0.507 e. The summed E-state index contributed by atoms with van der Waals surface area (Å²) >= 11 is 0. The van der Waals surface area contributed by atoms with Crippen LogP contribution in [0.2, 0.25) is 0 Å². The molecule has 1 N–H and O–H groups in total. The van der Waals surface area contributed by atoms with E-state index in [-0.39, 0.29) is 23.7 Å². The Morgan fingerprint density at radius 2 is 1.70 bits per heavy atom. The molecule has 2 amide bonds. The number of hydrogen-bond donors (Lipinski definition) is 1. The van der Waals surface area contributed by atoms with E-state index in [9.17, 15) is 14.7 Å². The molecule has 0 aromatic heterocycles. The second-order valence-electron chi connectivity index (χ2n) is 6.75. The largest absolute Gasteiger partial charge is 0.507 e. The standard InChI is InChI=1S/C19H25NO3/c1-11(2)16-9-14(10-17(12(3)4)18(16)22)8-15-6-7-20(13(5)21)19(15)23/h8-12,22H,6-7H2,1-5H3. The number of phenolic OH excluding ortho intramolecular Hbond substituents is 1. The van der Waals surface area contributed by atoms with Gasteiger partial charge in [0.2, 0.25) is 5.91 Å². The molecule has 2 rings (SSSR count). The molecule has 1 aromatic carbocycles. The second-order valence-corrected chi connectivity index (χ2v) is 6.75. The number of phenols is 1. The van der Waals surface area contributed by atoms with Gasteiger partial charge < -0.3 is 5.11 Å². The monoisotopic (exact) mass is 315 g/mol. The molecule has 4 heteroatoms. The van der Waals surface area contributed by atoms with Crippen LogP contribution in [0.1, 0.15) is 69.6 Å². The minimum atomic E-state index is -0.213. The Kier molecular flexibility index (Phi) is 4.93. The third kappa shape index (κ3) is 3.46. The molecule has 0 saturated carbocycles. The molecular formula is C19H25NO3. The number of hydrogen-bond acceptors (Lipinski definition) is 3. The van der Waals surface area contributed by atoms with Gasteiger partial charge in [0.15, 0.2) is 0 Å². The molecule has 1 aliphatic heterocycles. The van der Waals surface area contributed by atoms with Crippen LogP contribution in [0.3, 0.4) is 0 Å². The quantitative estimate of drug-likeness (QED) is 0.863. The van der Waals surface area contributed by atoms with E-state index in [1.54, 1.807) is 0 Å². The van der Waals surface area contributed by atoms with E-state index in [4.69, 9.17) is 0 Å². The van der Waals surface area contributed by atoms with Gasteiger partial charge in [0.1, 0.15) is 5.75 Å². The number of benzene rings is 1. The van der Waals surface area contributed by atoms with E-state index in [1.807, 2.05) is 45.9 Å². The summed E-state index contributed by atoms with van der Waals surface area (Å²) in [5, 5.41) is 10.4. The van der Waals surface area contributed by atoms with Crippen molar-refractivity contribution in [2.24, 2.45) is 0 Å². The SMILES string of the molecule is CC(=O)N1CCC(=Cc2cc(C(C)C)c(O)c(C(C)C)c2)C1=O. The average Bonchev–Trinajstić information content (AvgIpc) is 2.81. The summed E-state index contributed by atoms with van der Waals surface area (Å²) in [7, 11) is 0. The van der Waals surface area contributed by atoms with Gasteiger partial charge in [-0.05, 0) is 53.2 Å². The first-order chi connectivity index (χ1) is 10.7. The first-order valence-electron chi connectivity index (χ1n) is 8.12. The highest BCUT2D eigenvalue weighted by molar-refractivity contribution is 6.08. The molecule has 0 aliphatic carbocycles. The number of carbonyl (C=O) groups excluding carboxylic acids is 2. The van der Waals surface area contributed by atoms with Gasteiger partial charge >= 0.3 is 0 Å². The normalized spacial score (nSPS) is 16.9. The van der Waals surface area contributed by atoms with Crippen LogP contribution in [-0.4, -0.2) is 28.4 Å². The van der Waals surface area contributed by atoms with E-state index in [1.165, 1.54) is 11.8 Å². The zero-order chi connectivity index (χ0) is 17.3. The lowest BCUT2D eigenvalue weighted by atomic mass is 9.91. The smallest absolute Gasteiger partial charge is 0.256 e. The molecule has 0 unspecified atom stereocenters. The number of imide groups is 1. The molecule has 124 valence electrons. The van der Waals surface area contributed by atoms with E-state index in [0.29, 0.717) is 24.3 Å². The fourth-order valence-corrected chi connectivity index (χ4v) is 2.92. The number of rotatable bonds is 3. The van der Waals surface area contributed by atoms with Crippen molar-refractivity contribution in [3.8, 4) is 5.75 Å². The molecule has 1 aromatic rings. The Bertz CT molecular complexity index is 642. The van der Waals surface area contributed by atoms with Gasteiger partial charge in [0.25, 0.3) is 5.91 Å². The van der Waals surface area contributed by atoms with E-state index in [2.05, 4.69) is 0 Å². The summed E-state index contributed by atoms with van der Waals surface area (Å²) in [6, 6.07) is 3.87. The fourth-order valence-electron chi connectivity index (χ4n) is 2.92. The number of nitrogens with zero attached hydrogens (tertiary/aromatic N) is 1. The van der Waals surface area contributed by atoms with E-state index < -0.39 is 0 Å². The summed E-state index contributed by atoms with van der Waals surface area (Å²) in [6.07, 6.45) is 2.43. The Morgan fingerprint density at radius 1 is 1.17 bits per heavy atom. The lowest BCUT2D eigenvalue weighted by Crippen LogP contribution is -2.29. The Balaban J connectivity index is 2.46. The topological polar surface area (TPSA) is 57.6 Å². The summed E-state index contributed by atoms with van der Waals surface area (Å²) in [4.78, 5) is 25.0. The lowest BCUT2D eigenvalue weighted by Gasteiger charge is -2.16. The zero-order valence-corrected chi connectivity index (χ0v) is 14.5. The van der Waals surface area contributed by atoms with Crippen LogP contribution in [-0.2, 0) is 9.59 Å². The van der Waals surface area contributed by atoms with Gasteiger partial charge in [-0.15, -0.1) is 0 Å². The van der Waals surface area contributed by atoms with Crippen molar-refractivity contribution in [1.29, 1.82) is 0 Å². The van der Waals surface area contributed by atoms with Crippen molar-refractivity contribution in [3.63, 3.8) is 0 Å². The highest BCUT2D eigenvalue weighted by Crippen LogP contribution is 2.35.